The minimum atomic E-state index is -0.369. The number of fused-ring (bicyclic) bond motifs is 1. The smallest absolute Gasteiger partial charge is 0.237 e. The van der Waals surface area contributed by atoms with Crippen molar-refractivity contribution in [1.82, 2.24) is 19.7 Å². The molecular weight excluding hydrogens is 406 g/mol. The molecule has 1 amide bonds. The third-order valence-electron chi connectivity index (χ3n) is 4.51. The van der Waals surface area contributed by atoms with Crippen molar-refractivity contribution in [2.45, 2.75) is 24.1 Å². The molecule has 146 valence electrons. The molecule has 2 heterocycles. The summed E-state index contributed by atoms with van der Waals surface area (Å²) in [6.45, 7) is 3.72. The molecule has 1 unspecified atom stereocenters. The van der Waals surface area contributed by atoms with Crippen LogP contribution in [0.4, 0.5) is 5.69 Å². The van der Waals surface area contributed by atoms with E-state index in [2.05, 4.69) is 20.4 Å². The van der Waals surface area contributed by atoms with Crippen molar-refractivity contribution in [3.63, 3.8) is 0 Å². The van der Waals surface area contributed by atoms with E-state index in [0.29, 0.717) is 21.4 Å². The Hall–Kier alpha value is -2.90. The first-order valence-corrected chi connectivity index (χ1v) is 10.3. The number of carbonyl (C=O) groups is 1. The molecule has 0 fully saturated rings. The maximum absolute atomic E-state index is 12.7. The van der Waals surface area contributed by atoms with E-state index in [9.17, 15) is 4.79 Å². The summed E-state index contributed by atoms with van der Waals surface area (Å²) in [5.74, 6) is -0.123. The third kappa shape index (κ3) is 3.97. The van der Waals surface area contributed by atoms with Crippen LogP contribution in [0.1, 0.15) is 12.5 Å². The molecule has 0 bridgehead atoms. The summed E-state index contributed by atoms with van der Waals surface area (Å²) in [4.78, 5) is 21.5. The number of hydrogen-bond donors (Lipinski definition) is 1. The highest BCUT2D eigenvalue weighted by Gasteiger charge is 2.19. The molecule has 0 saturated carbocycles. The molecule has 6 nitrogen and oxygen atoms in total. The first kappa shape index (κ1) is 19.4. The van der Waals surface area contributed by atoms with Crippen LogP contribution in [0.5, 0.6) is 0 Å². The highest BCUT2D eigenvalue weighted by atomic mass is 35.5. The summed E-state index contributed by atoms with van der Waals surface area (Å²) >= 11 is 7.51. The van der Waals surface area contributed by atoms with Crippen LogP contribution in [0.25, 0.3) is 16.7 Å². The van der Waals surface area contributed by atoms with Crippen LogP contribution in [-0.4, -0.2) is 30.9 Å². The number of nitrogens with one attached hydrogen (secondary N) is 1. The van der Waals surface area contributed by atoms with Gasteiger partial charge in [0, 0.05) is 10.7 Å². The number of hydrogen-bond acceptors (Lipinski definition) is 5. The van der Waals surface area contributed by atoms with Gasteiger partial charge in [0.15, 0.2) is 5.65 Å². The second kappa shape index (κ2) is 8.23. The number of amides is 1. The van der Waals surface area contributed by atoms with Gasteiger partial charge < -0.3 is 5.32 Å². The van der Waals surface area contributed by atoms with Gasteiger partial charge in [-0.15, -0.1) is 0 Å². The Morgan fingerprint density at radius 1 is 1.14 bits per heavy atom. The number of thioether (sulfide) groups is 1. The molecule has 0 saturated heterocycles. The van der Waals surface area contributed by atoms with Crippen molar-refractivity contribution in [1.29, 1.82) is 0 Å². The monoisotopic (exact) mass is 423 g/mol. The van der Waals surface area contributed by atoms with Crippen LogP contribution in [0.2, 0.25) is 5.02 Å². The van der Waals surface area contributed by atoms with Crippen LogP contribution in [0.3, 0.4) is 0 Å². The van der Waals surface area contributed by atoms with Gasteiger partial charge in [-0.2, -0.15) is 5.10 Å². The van der Waals surface area contributed by atoms with Crippen molar-refractivity contribution in [3.05, 3.63) is 71.6 Å². The molecule has 29 heavy (non-hydrogen) atoms. The lowest BCUT2D eigenvalue weighted by Gasteiger charge is -2.14. The Labute approximate surface area is 177 Å². The van der Waals surface area contributed by atoms with Crippen molar-refractivity contribution in [3.8, 4) is 5.69 Å². The van der Waals surface area contributed by atoms with E-state index < -0.39 is 0 Å². The molecule has 0 aliphatic carbocycles. The van der Waals surface area contributed by atoms with Crippen molar-refractivity contribution >= 4 is 46.0 Å². The van der Waals surface area contributed by atoms with Crippen molar-refractivity contribution < 1.29 is 4.79 Å². The summed E-state index contributed by atoms with van der Waals surface area (Å²) in [6.07, 6.45) is 3.23. The highest BCUT2D eigenvalue weighted by Crippen LogP contribution is 2.30. The summed E-state index contributed by atoms with van der Waals surface area (Å²) < 4.78 is 1.77. The molecule has 0 spiro atoms. The SMILES string of the molecule is Cc1c(Cl)cccc1NC(=O)C(C)Sc1ncnc2c1cnn2-c1ccccc1. The normalized spacial score (nSPS) is 12.1. The van der Waals surface area contributed by atoms with Gasteiger partial charge in [0.1, 0.15) is 11.4 Å². The quantitative estimate of drug-likeness (QED) is 0.365. The van der Waals surface area contributed by atoms with Gasteiger partial charge in [0.05, 0.1) is 22.5 Å². The van der Waals surface area contributed by atoms with E-state index in [1.54, 1.807) is 16.9 Å². The Morgan fingerprint density at radius 2 is 1.93 bits per heavy atom. The van der Waals surface area contributed by atoms with Gasteiger partial charge in [0.2, 0.25) is 5.91 Å². The molecule has 0 radical (unpaired) electrons. The minimum absolute atomic E-state index is 0.123. The van der Waals surface area contributed by atoms with E-state index in [-0.39, 0.29) is 11.2 Å². The zero-order valence-corrected chi connectivity index (χ0v) is 17.4. The summed E-state index contributed by atoms with van der Waals surface area (Å²) in [5.41, 5.74) is 3.17. The predicted octanol–water partition coefficient (Wildman–Crippen LogP) is 4.90. The number of benzene rings is 2. The van der Waals surface area contributed by atoms with E-state index in [0.717, 1.165) is 16.6 Å². The lowest BCUT2D eigenvalue weighted by atomic mass is 10.2. The molecule has 1 atom stereocenters. The van der Waals surface area contributed by atoms with E-state index in [1.807, 2.05) is 56.3 Å². The number of rotatable bonds is 5. The summed E-state index contributed by atoms with van der Waals surface area (Å²) in [6, 6.07) is 15.2. The fraction of sp³-hybridized carbons (Fsp3) is 0.143. The van der Waals surface area contributed by atoms with Gasteiger partial charge >= 0.3 is 0 Å². The fourth-order valence-electron chi connectivity index (χ4n) is 2.87. The average molecular weight is 424 g/mol. The van der Waals surface area contributed by atoms with Gasteiger partial charge in [-0.05, 0) is 43.7 Å². The minimum Gasteiger partial charge on any atom is -0.325 e. The van der Waals surface area contributed by atoms with Crippen molar-refractivity contribution in [2.75, 3.05) is 5.32 Å². The van der Waals surface area contributed by atoms with Gasteiger partial charge in [-0.3, -0.25) is 4.79 Å². The van der Waals surface area contributed by atoms with Crippen molar-refractivity contribution in [2.24, 2.45) is 0 Å². The molecule has 2 aromatic carbocycles. The standard InChI is InChI=1S/C21H18ClN5OS/c1-13-17(22)9-6-10-18(13)26-20(28)14(2)29-21-16-11-25-27(19(16)23-12-24-21)15-7-4-3-5-8-15/h3-12,14H,1-2H3,(H,26,28). The van der Waals surface area contributed by atoms with E-state index >= 15 is 0 Å². The lowest BCUT2D eigenvalue weighted by Crippen LogP contribution is -2.23. The summed E-state index contributed by atoms with van der Waals surface area (Å²) in [7, 11) is 0. The second-order valence-electron chi connectivity index (χ2n) is 6.47. The second-order valence-corrected chi connectivity index (χ2v) is 8.21. The largest absolute Gasteiger partial charge is 0.325 e. The van der Waals surface area contributed by atoms with E-state index in [1.165, 1.54) is 18.1 Å². The topological polar surface area (TPSA) is 72.7 Å². The fourth-order valence-corrected chi connectivity index (χ4v) is 3.93. The van der Waals surface area contributed by atoms with Gasteiger partial charge in [0.25, 0.3) is 0 Å². The van der Waals surface area contributed by atoms with E-state index in [4.69, 9.17) is 11.6 Å². The Morgan fingerprint density at radius 3 is 2.72 bits per heavy atom. The number of halogens is 1. The number of anilines is 1. The van der Waals surface area contributed by atoms with Crippen LogP contribution in [-0.2, 0) is 4.79 Å². The van der Waals surface area contributed by atoms with Crippen LogP contribution in [0.15, 0.2) is 66.1 Å². The predicted molar refractivity (Wildman–Crippen MR) is 117 cm³/mol. The Balaban J connectivity index is 1.57. The third-order valence-corrected chi connectivity index (χ3v) is 6.04. The van der Waals surface area contributed by atoms with Gasteiger partial charge in [-0.25, -0.2) is 14.6 Å². The molecule has 0 aliphatic heterocycles. The summed E-state index contributed by atoms with van der Waals surface area (Å²) in [5, 5.41) is 9.16. The molecule has 1 N–H and O–H groups in total. The first-order valence-electron chi connectivity index (χ1n) is 9.01. The lowest BCUT2D eigenvalue weighted by molar-refractivity contribution is -0.115. The van der Waals surface area contributed by atoms with Crippen LogP contribution in [0, 0.1) is 6.92 Å². The zero-order valence-electron chi connectivity index (χ0n) is 15.8. The maximum Gasteiger partial charge on any atom is 0.237 e. The molecule has 8 heteroatoms. The molecule has 0 aliphatic rings. The molecular formula is C21H18ClN5OS. The Kier molecular flexibility index (Phi) is 5.51. The first-order chi connectivity index (χ1) is 14.0. The maximum atomic E-state index is 12.7. The number of aromatic nitrogens is 4. The zero-order chi connectivity index (χ0) is 20.4. The molecule has 4 rings (SSSR count). The highest BCUT2D eigenvalue weighted by molar-refractivity contribution is 8.00. The van der Waals surface area contributed by atoms with Crippen LogP contribution < -0.4 is 5.32 Å². The molecule has 4 aromatic rings. The number of nitrogens with zero attached hydrogens (tertiary/aromatic N) is 4. The average Bonchev–Trinajstić information content (AvgIpc) is 3.17. The van der Waals surface area contributed by atoms with Crippen LogP contribution >= 0.6 is 23.4 Å². The molecule has 2 aromatic heterocycles. The van der Waals surface area contributed by atoms with Gasteiger partial charge in [-0.1, -0.05) is 47.6 Å². The number of para-hydroxylation sites is 1. The Bertz CT molecular complexity index is 1180. The number of carbonyl (C=O) groups excluding carboxylic acids is 1.